The lowest BCUT2D eigenvalue weighted by Gasteiger charge is -2.37. The van der Waals surface area contributed by atoms with E-state index in [2.05, 4.69) is 50.8 Å². The molecule has 3 fully saturated rings. The number of piperazine rings is 1. The zero-order valence-corrected chi connectivity index (χ0v) is 22.8. The molecule has 1 heterocycles. The number of hydrogen-bond acceptors (Lipinski definition) is 4. The predicted octanol–water partition coefficient (Wildman–Crippen LogP) is 5.98. The van der Waals surface area contributed by atoms with Crippen molar-refractivity contribution in [3.63, 3.8) is 0 Å². The molecule has 2 amide bonds. The summed E-state index contributed by atoms with van der Waals surface area (Å²) in [6, 6.07) is 16.8. The fraction of sp³-hybridized carbons (Fsp3) is 0.562. The van der Waals surface area contributed by atoms with Crippen LogP contribution < -0.4 is 15.5 Å². The van der Waals surface area contributed by atoms with Crippen LogP contribution in [0.4, 0.5) is 11.4 Å². The molecule has 6 nitrogen and oxygen atoms in total. The maximum Gasteiger partial charge on any atom is 0.253 e. The van der Waals surface area contributed by atoms with Crippen LogP contribution in [0, 0.1) is 5.92 Å². The number of amides is 2. The number of nitrogens with one attached hydrogen (secondary N) is 2. The van der Waals surface area contributed by atoms with Crippen molar-refractivity contribution >= 4 is 23.2 Å². The van der Waals surface area contributed by atoms with E-state index in [1.807, 2.05) is 18.2 Å². The van der Waals surface area contributed by atoms with Crippen LogP contribution in [0.15, 0.2) is 48.5 Å². The molecule has 0 aromatic heterocycles. The number of nitrogens with zero attached hydrogens (tertiary/aromatic N) is 2. The van der Waals surface area contributed by atoms with Gasteiger partial charge in [0.15, 0.2) is 0 Å². The van der Waals surface area contributed by atoms with Gasteiger partial charge in [-0.15, -0.1) is 0 Å². The van der Waals surface area contributed by atoms with Crippen molar-refractivity contribution in [1.29, 1.82) is 0 Å². The van der Waals surface area contributed by atoms with E-state index in [-0.39, 0.29) is 17.9 Å². The summed E-state index contributed by atoms with van der Waals surface area (Å²) in [5, 5.41) is 6.39. The van der Waals surface area contributed by atoms with E-state index in [0.717, 1.165) is 63.4 Å². The SMILES string of the molecule is O=C(CCC1CCCC1)Nc1ccc(N2CCN(Cc3ccccc3)CC2)c(C(=O)NC2CCCCC2)c1. The van der Waals surface area contributed by atoms with E-state index in [1.165, 1.54) is 50.5 Å². The number of hydrogen-bond donors (Lipinski definition) is 2. The van der Waals surface area contributed by atoms with Crippen molar-refractivity contribution in [3.05, 3.63) is 59.7 Å². The number of carbonyl (C=O) groups excluding carboxylic acids is 2. The van der Waals surface area contributed by atoms with Crippen molar-refractivity contribution in [2.75, 3.05) is 36.4 Å². The van der Waals surface area contributed by atoms with Crippen molar-refractivity contribution in [3.8, 4) is 0 Å². The molecular formula is C32H44N4O2. The van der Waals surface area contributed by atoms with Gasteiger partial charge >= 0.3 is 0 Å². The Morgan fingerprint density at radius 1 is 0.816 bits per heavy atom. The van der Waals surface area contributed by atoms with Crippen LogP contribution in [0.2, 0.25) is 0 Å². The highest BCUT2D eigenvalue weighted by molar-refractivity contribution is 6.02. The number of rotatable bonds is 9. The summed E-state index contributed by atoms with van der Waals surface area (Å²) < 4.78 is 0. The van der Waals surface area contributed by atoms with Crippen molar-refractivity contribution < 1.29 is 9.59 Å². The van der Waals surface area contributed by atoms with E-state index in [4.69, 9.17) is 0 Å². The third kappa shape index (κ3) is 7.37. The molecular weight excluding hydrogens is 472 g/mol. The minimum atomic E-state index is -0.0133. The van der Waals surface area contributed by atoms with Gasteiger partial charge in [-0.25, -0.2) is 0 Å². The summed E-state index contributed by atoms with van der Waals surface area (Å²) in [7, 11) is 0. The fourth-order valence-corrected chi connectivity index (χ4v) is 6.43. The number of carbonyl (C=O) groups is 2. The smallest absolute Gasteiger partial charge is 0.253 e. The number of anilines is 2. The summed E-state index contributed by atoms with van der Waals surface area (Å²) in [4.78, 5) is 31.1. The van der Waals surface area contributed by atoms with Gasteiger partial charge in [-0.3, -0.25) is 14.5 Å². The zero-order chi connectivity index (χ0) is 26.2. The highest BCUT2D eigenvalue weighted by Crippen LogP contribution is 2.30. The standard InChI is InChI=1S/C32H44N4O2/c37-31(18-15-25-9-7-8-10-25)33-28-16-17-30(29(23-28)32(38)34-27-13-5-2-6-14-27)36-21-19-35(20-22-36)24-26-11-3-1-4-12-26/h1,3-4,11-12,16-17,23,25,27H,2,5-10,13-15,18-22,24H2,(H,33,37)(H,34,38). The summed E-state index contributed by atoms with van der Waals surface area (Å²) in [6.45, 7) is 4.62. The third-order valence-electron chi connectivity index (χ3n) is 8.68. The van der Waals surface area contributed by atoms with Crippen LogP contribution in [0.25, 0.3) is 0 Å². The molecule has 0 unspecified atom stereocenters. The molecule has 6 heteroatoms. The quantitative estimate of drug-likeness (QED) is 0.430. The Morgan fingerprint density at radius 3 is 2.26 bits per heavy atom. The fourth-order valence-electron chi connectivity index (χ4n) is 6.43. The highest BCUT2D eigenvalue weighted by atomic mass is 16.2. The average Bonchev–Trinajstić information content (AvgIpc) is 3.47. The molecule has 0 spiro atoms. The second-order valence-corrected chi connectivity index (χ2v) is 11.5. The van der Waals surface area contributed by atoms with Gasteiger partial charge in [-0.1, -0.05) is 75.3 Å². The molecule has 1 aliphatic heterocycles. The maximum atomic E-state index is 13.6. The lowest BCUT2D eigenvalue weighted by atomic mass is 9.95. The third-order valence-corrected chi connectivity index (χ3v) is 8.68. The zero-order valence-electron chi connectivity index (χ0n) is 22.8. The first-order chi connectivity index (χ1) is 18.6. The van der Waals surface area contributed by atoms with Crippen molar-refractivity contribution in [2.24, 2.45) is 5.92 Å². The summed E-state index contributed by atoms with van der Waals surface area (Å²) >= 11 is 0. The Bertz CT molecular complexity index is 1050. The molecule has 38 heavy (non-hydrogen) atoms. The Morgan fingerprint density at radius 2 is 1.53 bits per heavy atom. The lowest BCUT2D eigenvalue weighted by molar-refractivity contribution is -0.116. The molecule has 1 saturated heterocycles. The molecule has 2 aliphatic carbocycles. The molecule has 0 atom stereocenters. The van der Waals surface area contributed by atoms with Crippen LogP contribution in [0.3, 0.4) is 0 Å². The Kier molecular flexibility index (Phi) is 9.34. The van der Waals surface area contributed by atoms with Crippen LogP contribution >= 0.6 is 0 Å². The maximum absolute atomic E-state index is 13.6. The first kappa shape index (κ1) is 26.7. The van der Waals surface area contributed by atoms with Gasteiger partial charge in [0.1, 0.15) is 0 Å². The van der Waals surface area contributed by atoms with Crippen molar-refractivity contribution in [1.82, 2.24) is 10.2 Å². The van der Waals surface area contributed by atoms with Gasteiger partial charge in [0, 0.05) is 56.6 Å². The first-order valence-corrected chi connectivity index (χ1v) is 14.9. The second kappa shape index (κ2) is 13.3. The van der Waals surface area contributed by atoms with Crippen LogP contribution in [-0.2, 0) is 11.3 Å². The summed E-state index contributed by atoms with van der Waals surface area (Å²) in [6.07, 6.45) is 12.3. The Hall–Kier alpha value is -2.86. The number of benzene rings is 2. The largest absolute Gasteiger partial charge is 0.368 e. The van der Waals surface area contributed by atoms with Gasteiger partial charge in [-0.05, 0) is 48.9 Å². The topological polar surface area (TPSA) is 64.7 Å². The van der Waals surface area contributed by atoms with E-state index in [1.54, 1.807) is 0 Å². The molecule has 2 saturated carbocycles. The van der Waals surface area contributed by atoms with Crippen molar-refractivity contribution in [2.45, 2.75) is 83.2 Å². The van der Waals surface area contributed by atoms with E-state index in [9.17, 15) is 9.59 Å². The van der Waals surface area contributed by atoms with Gasteiger partial charge in [0.25, 0.3) is 5.91 Å². The summed E-state index contributed by atoms with van der Waals surface area (Å²) in [5.41, 5.74) is 3.71. The van der Waals surface area contributed by atoms with Gasteiger partial charge in [0.2, 0.25) is 5.91 Å². The van der Waals surface area contributed by atoms with Crippen LogP contribution in [0.1, 0.15) is 86.6 Å². The monoisotopic (exact) mass is 516 g/mol. The molecule has 3 aliphatic rings. The minimum absolute atomic E-state index is 0.0133. The molecule has 5 rings (SSSR count). The lowest BCUT2D eigenvalue weighted by Crippen LogP contribution is -2.46. The minimum Gasteiger partial charge on any atom is -0.368 e. The molecule has 0 radical (unpaired) electrons. The van der Waals surface area contributed by atoms with E-state index < -0.39 is 0 Å². The molecule has 2 aromatic carbocycles. The molecule has 2 aromatic rings. The van der Waals surface area contributed by atoms with Crippen LogP contribution in [0.5, 0.6) is 0 Å². The van der Waals surface area contributed by atoms with E-state index >= 15 is 0 Å². The molecule has 0 bridgehead atoms. The normalized spacial score (nSPS) is 19.4. The van der Waals surface area contributed by atoms with Crippen LogP contribution in [-0.4, -0.2) is 48.9 Å². The van der Waals surface area contributed by atoms with Gasteiger partial charge in [-0.2, -0.15) is 0 Å². The Balaban J connectivity index is 1.25. The Labute approximate surface area is 228 Å². The highest BCUT2D eigenvalue weighted by Gasteiger charge is 2.25. The first-order valence-electron chi connectivity index (χ1n) is 14.9. The predicted molar refractivity (Wildman–Crippen MR) is 155 cm³/mol. The van der Waals surface area contributed by atoms with Gasteiger partial charge < -0.3 is 15.5 Å². The molecule has 204 valence electrons. The summed E-state index contributed by atoms with van der Waals surface area (Å²) in [5.74, 6) is 0.735. The van der Waals surface area contributed by atoms with Gasteiger partial charge in [0.05, 0.1) is 5.56 Å². The van der Waals surface area contributed by atoms with E-state index in [0.29, 0.717) is 17.9 Å². The average molecular weight is 517 g/mol. The molecule has 2 N–H and O–H groups in total. The second-order valence-electron chi connectivity index (χ2n) is 11.5.